The molecular formula is C15H27N3O2. The summed E-state index contributed by atoms with van der Waals surface area (Å²) < 4.78 is 0. The number of nitrogens with zero attached hydrogens (tertiary/aromatic N) is 3. The summed E-state index contributed by atoms with van der Waals surface area (Å²) in [5.41, 5.74) is 0. The number of carbonyl (C=O) groups is 2. The molecule has 0 aromatic carbocycles. The van der Waals surface area contributed by atoms with Gasteiger partial charge in [0.25, 0.3) is 0 Å². The maximum absolute atomic E-state index is 12.5. The highest BCUT2D eigenvalue weighted by molar-refractivity contribution is 5.89. The number of likely N-dealkylation sites (tertiary alicyclic amines) is 1. The van der Waals surface area contributed by atoms with Gasteiger partial charge in [-0.05, 0) is 12.5 Å². The molecule has 0 aromatic heterocycles. The van der Waals surface area contributed by atoms with Crippen LogP contribution in [0.1, 0.15) is 27.2 Å². The minimum Gasteiger partial charge on any atom is -0.342 e. The molecule has 2 aliphatic heterocycles. The molecule has 2 fully saturated rings. The monoisotopic (exact) mass is 281 g/mol. The van der Waals surface area contributed by atoms with Gasteiger partial charge in [-0.25, -0.2) is 0 Å². The van der Waals surface area contributed by atoms with Gasteiger partial charge in [-0.1, -0.05) is 20.8 Å². The van der Waals surface area contributed by atoms with E-state index in [0.717, 1.165) is 39.3 Å². The summed E-state index contributed by atoms with van der Waals surface area (Å²) in [6.07, 6.45) is 0.402. The number of likely N-dealkylation sites (N-methyl/N-ethyl adjacent to an activating group) is 1. The molecule has 0 aliphatic carbocycles. The van der Waals surface area contributed by atoms with Crippen molar-refractivity contribution in [1.82, 2.24) is 14.7 Å². The van der Waals surface area contributed by atoms with Crippen LogP contribution in [0.5, 0.6) is 0 Å². The Morgan fingerprint density at radius 1 is 1.25 bits per heavy atom. The van der Waals surface area contributed by atoms with Crippen LogP contribution in [-0.4, -0.2) is 72.3 Å². The third-order valence-corrected chi connectivity index (χ3v) is 4.28. The second kappa shape index (κ2) is 6.57. The lowest BCUT2D eigenvalue weighted by Crippen LogP contribution is -2.50. The second-order valence-corrected chi connectivity index (χ2v) is 6.35. The molecule has 0 N–H and O–H groups in total. The van der Waals surface area contributed by atoms with Crippen LogP contribution in [-0.2, 0) is 9.59 Å². The summed E-state index contributed by atoms with van der Waals surface area (Å²) >= 11 is 0. The molecule has 2 rings (SSSR count). The number of rotatable bonds is 4. The highest BCUT2D eigenvalue weighted by Crippen LogP contribution is 2.21. The lowest BCUT2D eigenvalue weighted by molar-refractivity contribution is -0.137. The summed E-state index contributed by atoms with van der Waals surface area (Å²) in [4.78, 5) is 30.6. The van der Waals surface area contributed by atoms with Crippen LogP contribution >= 0.6 is 0 Å². The molecule has 2 amide bonds. The van der Waals surface area contributed by atoms with Gasteiger partial charge in [0.2, 0.25) is 11.8 Å². The standard InChI is InChI=1S/C15H27N3O2/c1-4-16-5-7-17(8-6-16)15(20)13-9-14(19)18(11-13)10-12(2)3/h12-13H,4-11H2,1-3H3/t13-/m0/s1. The molecule has 0 spiro atoms. The number of hydrogen-bond acceptors (Lipinski definition) is 3. The molecule has 5 heteroatoms. The zero-order valence-electron chi connectivity index (χ0n) is 13.0. The fourth-order valence-electron chi connectivity index (χ4n) is 3.10. The van der Waals surface area contributed by atoms with Crippen molar-refractivity contribution in [2.24, 2.45) is 11.8 Å². The molecule has 2 saturated heterocycles. The Morgan fingerprint density at radius 3 is 2.45 bits per heavy atom. The van der Waals surface area contributed by atoms with Crippen molar-refractivity contribution in [3.8, 4) is 0 Å². The predicted molar refractivity (Wildman–Crippen MR) is 78.2 cm³/mol. The number of hydrogen-bond donors (Lipinski definition) is 0. The fourth-order valence-corrected chi connectivity index (χ4v) is 3.10. The molecule has 2 heterocycles. The molecule has 20 heavy (non-hydrogen) atoms. The molecule has 1 atom stereocenters. The maximum atomic E-state index is 12.5. The minimum absolute atomic E-state index is 0.116. The van der Waals surface area contributed by atoms with E-state index in [4.69, 9.17) is 0 Å². The van der Waals surface area contributed by atoms with Crippen molar-refractivity contribution in [3.05, 3.63) is 0 Å². The molecule has 0 radical (unpaired) electrons. The first-order chi connectivity index (χ1) is 9.51. The zero-order valence-corrected chi connectivity index (χ0v) is 13.0. The third-order valence-electron chi connectivity index (χ3n) is 4.28. The van der Waals surface area contributed by atoms with E-state index in [1.165, 1.54) is 0 Å². The normalized spacial score (nSPS) is 24.8. The maximum Gasteiger partial charge on any atom is 0.228 e. The zero-order chi connectivity index (χ0) is 14.7. The van der Waals surface area contributed by atoms with E-state index in [0.29, 0.717) is 18.9 Å². The van der Waals surface area contributed by atoms with Crippen molar-refractivity contribution < 1.29 is 9.59 Å². The summed E-state index contributed by atoms with van der Waals surface area (Å²) in [6.45, 7) is 12.3. The highest BCUT2D eigenvalue weighted by Gasteiger charge is 2.37. The minimum atomic E-state index is -0.116. The summed E-state index contributed by atoms with van der Waals surface area (Å²) in [5, 5.41) is 0. The van der Waals surface area contributed by atoms with Gasteiger partial charge >= 0.3 is 0 Å². The smallest absolute Gasteiger partial charge is 0.228 e. The van der Waals surface area contributed by atoms with Gasteiger partial charge in [0.1, 0.15) is 0 Å². The lowest BCUT2D eigenvalue weighted by Gasteiger charge is -2.35. The molecule has 114 valence electrons. The van der Waals surface area contributed by atoms with E-state index in [-0.39, 0.29) is 17.7 Å². The van der Waals surface area contributed by atoms with Crippen LogP contribution in [0, 0.1) is 11.8 Å². The molecular weight excluding hydrogens is 254 g/mol. The van der Waals surface area contributed by atoms with Gasteiger partial charge in [-0.2, -0.15) is 0 Å². The number of piperazine rings is 1. The van der Waals surface area contributed by atoms with Crippen LogP contribution in [0.15, 0.2) is 0 Å². The van der Waals surface area contributed by atoms with Gasteiger partial charge in [-0.15, -0.1) is 0 Å². The Labute approximate surface area is 121 Å². The quantitative estimate of drug-likeness (QED) is 0.760. The topological polar surface area (TPSA) is 43.9 Å². The number of carbonyl (C=O) groups excluding carboxylic acids is 2. The van der Waals surface area contributed by atoms with Gasteiger partial charge in [-0.3, -0.25) is 9.59 Å². The third kappa shape index (κ3) is 3.51. The Kier molecular flexibility index (Phi) is 5.02. The van der Waals surface area contributed by atoms with Crippen molar-refractivity contribution in [2.75, 3.05) is 45.8 Å². The van der Waals surface area contributed by atoms with Crippen molar-refractivity contribution >= 4 is 11.8 Å². The van der Waals surface area contributed by atoms with E-state index >= 15 is 0 Å². The van der Waals surface area contributed by atoms with E-state index in [1.807, 2.05) is 9.80 Å². The number of amides is 2. The van der Waals surface area contributed by atoms with Crippen LogP contribution < -0.4 is 0 Å². The molecule has 0 aromatic rings. The van der Waals surface area contributed by atoms with Crippen molar-refractivity contribution in [3.63, 3.8) is 0 Å². The highest BCUT2D eigenvalue weighted by atomic mass is 16.2. The average molecular weight is 281 g/mol. The Morgan fingerprint density at radius 2 is 1.90 bits per heavy atom. The van der Waals surface area contributed by atoms with E-state index in [1.54, 1.807) is 0 Å². The first kappa shape index (κ1) is 15.3. The first-order valence-electron chi connectivity index (χ1n) is 7.80. The van der Waals surface area contributed by atoms with Crippen LogP contribution in [0.3, 0.4) is 0 Å². The second-order valence-electron chi connectivity index (χ2n) is 6.35. The fraction of sp³-hybridized carbons (Fsp3) is 0.867. The van der Waals surface area contributed by atoms with Crippen LogP contribution in [0.25, 0.3) is 0 Å². The Balaban J connectivity index is 1.86. The predicted octanol–water partition coefficient (Wildman–Crippen LogP) is 0.655. The Bertz CT molecular complexity index is 362. The van der Waals surface area contributed by atoms with E-state index in [2.05, 4.69) is 25.7 Å². The molecule has 2 aliphatic rings. The van der Waals surface area contributed by atoms with Gasteiger partial charge < -0.3 is 14.7 Å². The van der Waals surface area contributed by atoms with Gasteiger partial charge in [0.15, 0.2) is 0 Å². The summed E-state index contributed by atoms with van der Waals surface area (Å²) in [5.74, 6) is 0.667. The van der Waals surface area contributed by atoms with E-state index < -0.39 is 0 Å². The summed E-state index contributed by atoms with van der Waals surface area (Å²) in [6, 6.07) is 0. The van der Waals surface area contributed by atoms with Crippen LogP contribution in [0.4, 0.5) is 0 Å². The first-order valence-corrected chi connectivity index (χ1v) is 7.80. The van der Waals surface area contributed by atoms with Crippen molar-refractivity contribution in [1.29, 1.82) is 0 Å². The van der Waals surface area contributed by atoms with Crippen LogP contribution in [0.2, 0.25) is 0 Å². The molecule has 0 bridgehead atoms. The Hall–Kier alpha value is -1.10. The average Bonchev–Trinajstić information content (AvgIpc) is 2.79. The van der Waals surface area contributed by atoms with Gasteiger partial charge in [0.05, 0.1) is 5.92 Å². The largest absolute Gasteiger partial charge is 0.342 e. The van der Waals surface area contributed by atoms with Gasteiger partial charge in [0, 0.05) is 45.7 Å². The SMILES string of the molecule is CCN1CCN(C(=O)[C@H]2CC(=O)N(CC(C)C)C2)CC1. The molecule has 0 unspecified atom stereocenters. The molecule has 5 nitrogen and oxygen atoms in total. The summed E-state index contributed by atoms with van der Waals surface area (Å²) in [7, 11) is 0. The molecule has 0 saturated carbocycles. The van der Waals surface area contributed by atoms with Crippen molar-refractivity contribution in [2.45, 2.75) is 27.2 Å². The van der Waals surface area contributed by atoms with E-state index in [9.17, 15) is 9.59 Å². The lowest BCUT2D eigenvalue weighted by atomic mass is 10.1.